The molecule has 0 fully saturated rings. The zero-order valence-electron chi connectivity index (χ0n) is 11.1. The molecular weight excluding hydrogens is 216 g/mol. The number of rotatable bonds is 6. The van der Waals surface area contributed by atoms with Crippen LogP contribution in [0.25, 0.3) is 0 Å². The van der Waals surface area contributed by atoms with E-state index in [4.69, 9.17) is 15.2 Å². The Morgan fingerprint density at radius 3 is 2.53 bits per heavy atom. The molecule has 0 amide bonds. The van der Waals surface area contributed by atoms with E-state index in [-0.39, 0.29) is 12.2 Å². The first-order chi connectivity index (χ1) is 8.02. The fraction of sp³-hybridized carbons (Fsp3) is 0.615. The lowest BCUT2D eigenvalue weighted by Crippen LogP contribution is -2.13. The van der Waals surface area contributed by atoms with Crippen LogP contribution in [0.1, 0.15) is 40.5 Å². The zero-order valence-corrected chi connectivity index (χ0v) is 11.1. The van der Waals surface area contributed by atoms with E-state index in [0.717, 1.165) is 12.8 Å². The average Bonchev–Trinajstić information content (AvgIpc) is 2.22. The molecule has 0 bridgehead atoms. The van der Waals surface area contributed by atoms with Crippen molar-refractivity contribution >= 4 is 5.69 Å². The first kappa shape index (κ1) is 13.6. The number of nitrogen functional groups attached to an aromatic ring is 1. The number of ether oxygens (including phenoxy) is 2. The van der Waals surface area contributed by atoms with Gasteiger partial charge in [0, 0.05) is 6.07 Å². The maximum absolute atomic E-state index is 5.78. The number of nitrogens with two attached hydrogens (primary N) is 1. The van der Waals surface area contributed by atoms with Gasteiger partial charge in [-0.1, -0.05) is 13.3 Å². The highest BCUT2D eigenvalue weighted by molar-refractivity contribution is 5.49. The van der Waals surface area contributed by atoms with Gasteiger partial charge in [0.15, 0.2) is 0 Å². The molecule has 0 aliphatic rings. The largest absolute Gasteiger partial charge is 0.475 e. The Hall–Kier alpha value is -1.45. The summed E-state index contributed by atoms with van der Waals surface area (Å²) in [6.45, 7) is 8.04. The molecule has 0 saturated carbocycles. The van der Waals surface area contributed by atoms with Crippen molar-refractivity contribution in [1.29, 1.82) is 0 Å². The Bertz CT molecular complexity index is 353. The minimum atomic E-state index is 0.0492. The van der Waals surface area contributed by atoms with E-state index in [1.807, 2.05) is 20.8 Å². The highest BCUT2D eigenvalue weighted by atomic mass is 16.5. The quantitative estimate of drug-likeness (QED) is 0.827. The van der Waals surface area contributed by atoms with Gasteiger partial charge in [0.2, 0.25) is 11.8 Å². The summed E-state index contributed by atoms with van der Waals surface area (Å²) in [5, 5.41) is 0. The Morgan fingerprint density at radius 2 is 1.94 bits per heavy atom. The molecule has 1 aromatic rings. The number of pyridine rings is 1. The predicted molar refractivity (Wildman–Crippen MR) is 69.4 cm³/mol. The van der Waals surface area contributed by atoms with Crippen molar-refractivity contribution in [2.75, 3.05) is 5.73 Å². The molecule has 17 heavy (non-hydrogen) atoms. The SMILES string of the molecule is CCCC(C)Oc1ccc(N)c(OC(C)C)n1. The normalized spacial score (nSPS) is 12.5. The third-order valence-corrected chi connectivity index (χ3v) is 2.23. The molecule has 0 spiro atoms. The standard InChI is InChI=1S/C13H22N2O2/c1-5-6-10(4)17-12-8-7-11(14)13(15-12)16-9(2)3/h7-10H,5-6,14H2,1-4H3. The molecular formula is C13H22N2O2. The number of hydrogen-bond donors (Lipinski definition) is 1. The first-order valence-corrected chi connectivity index (χ1v) is 6.12. The predicted octanol–water partition coefficient (Wildman–Crippen LogP) is 3.02. The molecule has 1 unspecified atom stereocenters. The van der Waals surface area contributed by atoms with E-state index in [1.54, 1.807) is 12.1 Å². The van der Waals surface area contributed by atoms with Gasteiger partial charge in [-0.15, -0.1) is 0 Å². The number of aromatic nitrogens is 1. The fourth-order valence-corrected chi connectivity index (χ4v) is 1.49. The van der Waals surface area contributed by atoms with Gasteiger partial charge in [0.05, 0.1) is 17.9 Å². The van der Waals surface area contributed by atoms with Gasteiger partial charge in [-0.3, -0.25) is 0 Å². The van der Waals surface area contributed by atoms with Gasteiger partial charge in [-0.05, 0) is 33.3 Å². The summed E-state index contributed by atoms with van der Waals surface area (Å²) in [5.41, 5.74) is 6.32. The zero-order chi connectivity index (χ0) is 12.8. The molecule has 4 heteroatoms. The molecule has 0 aliphatic carbocycles. The van der Waals surface area contributed by atoms with Crippen LogP contribution in [0.5, 0.6) is 11.8 Å². The van der Waals surface area contributed by atoms with Gasteiger partial charge < -0.3 is 15.2 Å². The lowest BCUT2D eigenvalue weighted by molar-refractivity contribution is 0.192. The van der Waals surface area contributed by atoms with E-state index in [9.17, 15) is 0 Å². The van der Waals surface area contributed by atoms with Crippen LogP contribution in [0.4, 0.5) is 5.69 Å². The van der Waals surface area contributed by atoms with Crippen LogP contribution in [-0.2, 0) is 0 Å². The molecule has 1 aromatic heterocycles. The van der Waals surface area contributed by atoms with E-state index in [1.165, 1.54) is 0 Å². The second kappa shape index (κ2) is 6.33. The van der Waals surface area contributed by atoms with Crippen LogP contribution in [0.2, 0.25) is 0 Å². The van der Waals surface area contributed by atoms with Crippen molar-refractivity contribution in [3.05, 3.63) is 12.1 Å². The lowest BCUT2D eigenvalue weighted by Gasteiger charge is -2.15. The average molecular weight is 238 g/mol. The summed E-state index contributed by atoms with van der Waals surface area (Å²) < 4.78 is 11.2. The van der Waals surface area contributed by atoms with Crippen LogP contribution >= 0.6 is 0 Å². The minimum absolute atomic E-state index is 0.0492. The van der Waals surface area contributed by atoms with Gasteiger partial charge in [0.25, 0.3) is 0 Å². The summed E-state index contributed by atoms with van der Waals surface area (Å²) in [7, 11) is 0. The van der Waals surface area contributed by atoms with Crippen molar-refractivity contribution in [3.63, 3.8) is 0 Å². The molecule has 0 radical (unpaired) electrons. The smallest absolute Gasteiger partial charge is 0.240 e. The number of anilines is 1. The van der Waals surface area contributed by atoms with Crippen LogP contribution in [0.15, 0.2) is 12.1 Å². The molecule has 0 saturated heterocycles. The molecule has 4 nitrogen and oxygen atoms in total. The van der Waals surface area contributed by atoms with Crippen molar-refractivity contribution in [3.8, 4) is 11.8 Å². The van der Waals surface area contributed by atoms with E-state index in [0.29, 0.717) is 17.4 Å². The number of nitrogens with zero attached hydrogens (tertiary/aromatic N) is 1. The van der Waals surface area contributed by atoms with Gasteiger partial charge >= 0.3 is 0 Å². The summed E-state index contributed by atoms with van der Waals surface area (Å²) in [6.07, 6.45) is 2.30. The molecule has 96 valence electrons. The summed E-state index contributed by atoms with van der Waals surface area (Å²) >= 11 is 0. The Labute approximate surface area is 103 Å². The monoisotopic (exact) mass is 238 g/mol. The van der Waals surface area contributed by atoms with E-state index >= 15 is 0 Å². The van der Waals surface area contributed by atoms with Gasteiger partial charge in [-0.25, -0.2) is 0 Å². The van der Waals surface area contributed by atoms with Crippen molar-refractivity contribution in [2.45, 2.75) is 52.7 Å². The van der Waals surface area contributed by atoms with Gasteiger partial charge in [-0.2, -0.15) is 4.98 Å². The fourth-order valence-electron chi connectivity index (χ4n) is 1.49. The second-order valence-electron chi connectivity index (χ2n) is 4.43. The topological polar surface area (TPSA) is 57.4 Å². The summed E-state index contributed by atoms with van der Waals surface area (Å²) in [6, 6.07) is 3.54. The first-order valence-electron chi connectivity index (χ1n) is 6.12. The number of hydrogen-bond acceptors (Lipinski definition) is 4. The molecule has 0 aromatic carbocycles. The summed E-state index contributed by atoms with van der Waals surface area (Å²) in [4.78, 5) is 4.27. The molecule has 1 rings (SSSR count). The Kier molecular flexibility index (Phi) is 5.07. The third-order valence-electron chi connectivity index (χ3n) is 2.23. The minimum Gasteiger partial charge on any atom is -0.475 e. The van der Waals surface area contributed by atoms with Crippen LogP contribution in [0.3, 0.4) is 0 Å². The highest BCUT2D eigenvalue weighted by Gasteiger charge is 2.09. The van der Waals surface area contributed by atoms with Crippen molar-refractivity contribution in [1.82, 2.24) is 4.98 Å². The third kappa shape index (κ3) is 4.51. The molecule has 1 atom stereocenters. The molecule has 0 aliphatic heterocycles. The van der Waals surface area contributed by atoms with Crippen molar-refractivity contribution < 1.29 is 9.47 Å². The van der Waals surface area contributed by atoms with Crippen molar-refractivity contribution in [2.24, 2.45) is 0 Å². The maximum atomic E-state index is 5.78. The van der Waals surface area contributed by atoms with E-state index in [2.05, 4.69) is 11.9 Å². The molecule has 2 N–H and O–H groups in total. The summed E-state index contributed by atoms with van der Waals surface area (Å²) in [5.74, 6) is 1.01. The van der Waals surface area contributed by atoms with Crippen LogP contribution < -0.4 is 15.2 Å². The highest BCUT2D eigenvalue weighted by Crippen LogP contribution is 2.24. The Morgan fingerprint density at radius 1 is 1.24 bits per heavy atom. The molecule has 1 heterocycles. The maximum Gasteiger partial charge on any atom is 0.240 e. The van der Waals surface area contributed by atoms with Crippen LogP contribution in [-0.4, -0.2) is 17.2 Å². The van der Waals surface area contributed by atoms with E-state index < -0.39 is 0 Å². The Balaban J connectivity index is 2.74. The van der Waals surface area contributed by atoms with Crippen LogP contribution in [0, 0.1) is 0 Å². The lowest BCUT2D eigenvalue weighted by atomic mass is 10.2. The van der Waals surface area contributed by atoms with Gasteiger partial charge in [0.1, 0.15) is 0 Å². The second-order valence-corrected chi connectivity index (χ2v) is 4.43.